The van der Waals surface area contributed by atoms with Crippen LogP contribution in [-0.2, 0) is 35.2 Å². The molecule has 5 amide bonds. The second-order valence-corrected chi connectivity index (χ2v) is 10.8. The highest BCUT2D eigenvalue weighted by molar-refractivity contribution is 5.95. The van der Waals surface area contributed by atoms with Crippen LogP contribution >= 0.6 is 0 Å². The molecule has 46 heavy (non-hydrogen) atoms. The van der Waals surface area contributed by atoms with Gasteiger partial charge >= 0.3 is 5.97 Å². The molecule has 0 aliphatic carbocycles. The number of carbonyl (C=O) groups is 6. The summed E-state index contributed by atoms with van der Waals surface area (Å²) in [6.07, 6.45) is 0.677. The quantitative estimate of drug-likeness (QED) is 0.0366. The Hall–Kier alpha value is -4.97. The third kappa shape index (κ3) is 15.7. The number of aliphatic hydroxyl groups is 1. The molecule has 0 aliphatic heterocycles. The topological polar surface area (TPSA) is 314 Å². The lowest BCUT2D eigenvalue weighted by atomic mass is 10.0. The lowest BCUT2D eigenvalue weighted by Gasteiger charge is -2.25. The van der Waals surface area contributed by atoms with E-state index in [0.29, 0.717) is 12.0 Å². The molecule has 1 rings (SSSR count). The number of amides is 5. The monoisotopic (exact) mass is 651 g/mol. The molecule has 0 radical (unpaired) electrons. The number of hydrogen-bond donors (Lipinski definition) is 11. The van der Waals surface area contributed by atoms with Crippen LogP contribution in [0.2, 0.25) is 0 Å². The van der Waals surface area contributed by atoms with Crippen molar-refractivity contribution in [2.75, 3.05) is 26.2 Å². The summed E-state index contributed by atoms with van der Waals surface area (Å²) in [5.41, 5.74) is 16.9. The Kier molecular flexibility index (Phi) is 17.1. The standard InChI is InChI=1S/C28H45N9O9/c1-15(2)10-19(25(44)34-13-23(41)42)36-27(46)21(14-38)37-26(45)20(11-16-5-7-17(39)8-6-16)35-22(40)12-33-24(43)18(29)4-3-9-32-28(30)31/h5-8,15,18-21,38-39H,3-4,9-14,29H2,1-2H3,(H,33,43)(H,34,44)(H,35,40)(H,36,46)(H,37,45)(H,41,42)(H4,30,31,32)/t18-,19-,20-,21-/m0/s1. The van der Waals surface area contributed by atoms with Crippen molar-refractivity contribution >= 4 is 41.5 Å². The molecule has 0 heterocycles. The van der Waals surface area contributed by atoms with Crippen molar-refractivity contribution in [1.82, 2.24) is 26.6 Å². The van der Waals surface area contributed by atoms with Crippen LogP contribution in [0.3, 0.4) is 0 Å². The maximum absolute atomic E-state index is 13.3. The van der Waals surface area contributed by atoms with Gasteiger partial charge in [-0.1, -0.05) is 26.0 Å². The van der Waals surface area contributed by atoms with Crippen molar-refractivity contribution in [3.05, 3.63) is 29.8 Å². The molecule has 256 valence electrons. The molecular weight excluding hydrogens is 606 g/mol. The van der Waals surface area contributed by atoms with Gasteiger partial charge in [-0.2, -0.15) is 0 Å². The number of guanidine groups is 1. The molecule has 0 saturated heterocycles. The normalized spacial score (nSPS) is 13.3. The van der Waals surface area contributed by atoms with Gasteiger partial charge in [0, 0.05) is 13.0 Å². The molecule has 4 atom stereocenters. The third-order valence-electron chi connectivity index (χ3n) is 6.32. The second kappa shape index (κ2) is 20.1. The van der Waals surface area contributed by atoms with E-state index in [1.165, 1.54) is 24.3 Å². The van der Waals surface area contributed by atoms with E-state index >= 15 is 0 Å². The van der Waals surface area contributed by atoms with Crippen LogP contribution in [0.15, 0.2) is 29.3 Å². The predicted molar refractivity (Wildman–Crippen MR) is 166 cm³/mol. The highest BCUT2D eigenvalue weighted by atomic mass is 16.4. The van der Waals surface area contributed by atoms with Crippen molar-refractivity contribution in [3.63, 3.8) is 0 Å². The number of nitrogens with zero attached hydrogens (tertiary/aromatic N) is 1. The minimum absolute atomic E-state index is 0.0357. The molecular formula is C28H45N9O9. The Labute approximate surface area is 265 Å². The van der Waals surface area contributed by atoms with Crippen molar-refractivity contribution < 1.29 is 44.1 Å². The van der Waals surface area contributed by atoms with Crippen LogP contribution in [0.1, 0.15) is 38.7 Å². The van der Waals surface area contributed by atoms with Gasteiger partial charge in [-0.05, 0) is 42.9 Å². The average molecular weight is 652 g/mol. The van der Waals surface area contributed by atoms with Crippen LogP contribution in [0, 0.1) is 5.92 Å². The molecule has 0 bridgehead atoms. The molecule has 1 aromatic rings. The van der Waals surface area contributed by atoms with E-state index in [1.54, 1.807) is 13.8 Å². The smallest absolute Gasteiger partial charge is 0.322 e. The van der Waals surface area contributed by atoms with Crippen LogP contribution in [-0.4, -0.2) is 107 Å². The SMILES string of the molecule is CC(C)C[C@H](NC(=O)[C@H](CO)NC(=O)[C@H](Cc1ccc(O)cc1)NC(=O)CNC(=O)[C@@H](N)CCCN=C(N)N)C(=O)NCC(=O)O. The average Bonchev–Trinajstić information content (AvgIpc) is 2.99. The first-order valence-corrected chi connectivity index (χ1v) is 14.5. The Bertz CT molecular complexity index is 1220. The first-order valence-electron chi connectivity index (χ1n) is 14.5. The van der Waals surface area contributed by atoms with Crippen LogP contribution < -0.4 is 43.8 Å². The van der Waals surface area contributed by atoms with Crippen molar-refractivity contribution in [2.45, 2.75) is 63.7 Å². The van der Waals surface area contributed by atoms with Crippen LogP contribution in [0.5, 0.6) is 5.75 Å². The number of hydrogen-bond acceptors (Lipinski definition) is 10. The number of carboxylic acids is 1. The van der Waals surface area contributed by atoms with Crippen molar-refractivity contribution in [2.24, 2.45) is 28.1 Å². The van der Waals surface area contributed by atoms with Gasteiger partial charge in [-0.25, -0.2) is 0 Å². The Balaban J connectivity index is 2.96. The van der Waals surface area contributed by atoms with Gasteiger partial charge in [-0.15, -0.1) is 0 Å². The van der Waals surface area contributed by atoms with Gasteiger partial charge < -0.3 is 59.1 Å². The zero-order valence-electron chi connectivity index (χ0n) is 25.8. The van der Waals surface area contributed by atoms with Gasteiger partial charge in [0.2, 0.25) is 29.5 Å². The molecule has 14 N–H and O–H groups in total. The third-order valence-corrected chi connectivity index (χ3v) is 6.32. The number of nitrogens with two attached hydrogens (primary N) is 3. The summed E-state index contributed by atoms with van der Waals surface area (Å²) in [5.74, 6) is -5.47. The minimum atomic E-state index is -1.55. The fraction of sp³-hybridized carbons (Fsp3) is 0.536. The zero-order valence-corrected chi connectivity index (χ0v) is 25.8. The summed E-state index contributed by atoms with van der Waals surface area (Å²) >= 11 is 0. The number of carboxylic acid groups (broad SMARTS) is 1. The summed E-state index contributed by atoms with van der Waals surface area (Å²) in [7, 11) is 0. The fourth-order valence-corrected chi connectivity index (χ4v) is 4.00. The highest BCUT2D eigenvalue weighted by Gasteiger charge is 2.30. The van der Waals surface area contributed by atoms with Gasteiger partial charge in [-0.3, -0.25) is 33.8 Å². The van der Waals surface area contributed by atoms with Gasteiger partial charge in [0.25, 0.3) is 0 Å². The van der Waals surface area contributed by atoms with E-state index < -0.39 is 79.4 Å². The van der Waals surface area contributed by atoms with Crippen molar-refractivity contribution in [1.29, 1.82) is 0 Å². The van der Waals surface area contributed by atoms with Crippen molar-refractivity contribution in [3.8, 4) is 5.75 Å². The van der Waals surface area contributed by atoms with Crippen LogP contribution in [0.4, 0.5) is 0 Å². The molecule has 0 saturated carbocycles. The number of benzene rings is 1. The maximum atomic E-state index is 13.3. The first kappa shape index (κ1) is 39.1. The molecule has 0 aliphatic rings. The fourth-order valence-electron chi connectivity index (χ4n) is 4.00. The molecule has 18 nitrogen and oxygen atoms in total. The minimum Gasteiger partial charge on any atom is -0.508 e. The summed E-state index contributed by atoms with van der Waals surface area (Å²) < 4.78 is 0. The largest absolute Gasteiger partial charge is 0.508 e. The number of aliphatic carboxylic acids is 1. The van der Waals surface area contributed by atoms with Gasteiger partial charge in [0.1, 0.15) is 30.4 Å². The Morgan fingerprint density at radius 3 is 1.98 bits per heavy atom. The molecule has 0 aromatic heterocycles. The summed E-state index contributed by atoms with van der Waals surface area (Å²) in [6.45, 7) is 1.73. The van der Waals surface area contributed by atoms with E-state index in [2.05, 4.69) is 31.6 Å². The molecule has 18 heteroatoms. The zero-order chi connectivity index (χ0) is 34.8. The number of aliphatic hydroxyl groups excluding tert-OH is 1. The summed E-state index contributed by atoms with van der Waals surface area (Å²) in [6, 6.07) is 0.782. The van der Waals surface area contributed by atoms with E-state index in [9.17, 15) is 39.0 Å². The maximum Gasteiger partial charge on any atom is 0.322 e. The first-order chi connectivity index (χ1) is 21.6. The lowest BCUT2D eigenvalue weighted by Crippen LogP contribution is -2.59. The number of rotatable bonds is 20. The summed E-state index contributed by atoms with van der Waals surface area (Å²) in [5, 5.41) is 40.1. The molecule has 0 spiro atoms. The second-order valence-electron chi connectivity index (χ2n) is 10.8. The number of nitrogens with one attached hydrogen (secondary N) is 5. The Morgan fingerprint density at radius 2 is 1.41 bits per heavy atom. The van der Waals surface area contributed by atoms with E-state index in [-0.39, 0.29) is 43.4 Å². The van der Waals surface area contributed by atoms with Gasteiger partial charge in [0.05, 0.1) is 19.2 Å². The summed E-state index contributed by atoms with van der Waals surface area (Å²) in [4.78, 5) is 78.5. The molecule has 1 aromatic carbocycles. The molecule has 0 unspecified atom stereocenters. The lowest BCUT2D eigenvalue weighted by molar-refractivity contribution is -0.138. The number of phenols is 1. The van der Waals surface area contributed by atoms with Crippen LogP contribution in [0.25, 0.3) is 0 Å². The van der Waals surface area contributed by atoms with E-state index in [1.807, 2.05) is 0 Å². The van der Waals surface area contributed by atoms with Gasteiger partial charge in [0.15, 0.2) is 5.96 Å². The number of phenolic OH excluding ortho intramolecular Hbond substituents is 1. The number of carbonyl (C=O) groups excluding carboxylic acids is 5. The molecule has 0 fully saturated rings. The highest BCUT2D eigenvalue weighted by Crippen LogP contribution is 2.12. The van der Waals surface area contributed by atoms with E-state index in [0.717, 1.165) is 0 Å². The number of aliphatic imine (C=N–C) groups is 1. The number of aromatic hydroxyl groups is 1. The Morgan fingerprint density at radius 1 is 0.826 bits per heavy atom. The predicted octanol–water partition coefficient (Wildman–Crippen LogP) is -3.87. The van der Waals surface area contributed by atoms with E-state index in [4.69, 9.17) is 22.3 Å².